The molecule has 0 aliphatic heterocycles. The number of aliphatic carboxylic acids is 1. The summed E-state index contributed by atoms with van der Waals surface area (Å²) in [6.07, 6.45) is 0. The van der Waals surface area contributed by atoms with E-state index in [1.165, 1.54) is 11.3 Å². The minimum absolute atomic E-state index is 0.474. The zero-order valence-electron chi connectivity index (χ0n) is 10.1. The van der Waals surface area contributed by atoms with Crippen LogP contribution < -0.4 is 4.74 Å². The fraction of sp³-hybridized carbons (Fsp3) is 0.231. The molecule has 0 saturated heterocycles. The molecule has 0 amide bonds. The van der Waals surface area contributed by atoms with Gasteiger partial charge in [-0.2, -0.15) is 0 Å². The van der Waals surface area contributed by atoms with E-state index >= 15 is 0 Å². The summed E-state index contributed by atoms with van der Waals surface area (Å²) >= 11 is 1.36. The number of carbonyl (C=O) groups is 1. The number of para-hydroxylation sites is 1. The molecule has 0 fully saturated rings. The number of nitrogens with zero attached hydrogens (tertiary/aromatic N) is 1. The highest BCUT2D eigenvalue weighted by Gasteiger charge is 2.21. The molecule has 5 heteroatoms. The van der Waals surface area contributed by atoms with E-state index in [4.69, 9.17) is 9.84 Å². The monoisotopic (exact) mass is 263 g/mol. The van der Waals surface area contributed by atoms with Crippen molar-refractivity contribution in [1.29, 1.82) is 0 Å². The number of aryl methyl sites for hydroxylation is 1. The maximum absolute atomic E-state index is 10.9. The van der Waals surface area contributed by atoms with Crippen LogP contribution in [-0.2, 0) is 4.79 Å². The molecule has 1 atom stereocenters. The highest BCUT2D eigenvalue weighted by Crippen LogP contribution is 2.32. The van der Waals surface area contributed by atoms with E-state index in [1.54, 1.807) is 6.92 Å². The van der Waals surface area contributed by atoms with E-state index in [1.807, 2.05) is 37.3 Å². The number of carboxylic acids is 1. The fourth-order valence-corrected chi connectivity index (χ4v) is 2.41. The van der Waals surface area contributed by atoms with Gasteiger partial charge in [0.1, 0.15) is 5.75 Å². The number of hydrogen-bond acceptors (Lipinski definition) is 4. The number of benzene rings is 1. The Labute approximate surface area is 109 Å². The summed E-state index contributed by atoms with van der Waals surface area (Å²) in [5.74, 6) is -0.801. The molecule has 0 saturated carbocycles. The molecule has 1 aromatic carbocycles. The number of ether oxygens (including phenoxy) is 1. The van der Waals surface area contributed by atoms with E-state index in [-0.39, 0.29) is 0 Å². The van der Waals surface area contributed by atoms with Crippen LogP contribution in [0.4, 0.5) is 0 Å². The SMILES string of the molecule is Cc1sc(Oc2ccccc2)nc1C(C)C(=O)O. The van der Waals surface area contributed by atoms with Gasteiger partial charge in [0.25, 0.3) is 5.19 Å². The van der Waals surface area contributed by atoms with Gasteiger partial charge in [-0.25, -0.2) is 4.98 Å². The van der Waals surface area contributed by atoms with Crippen molar-refractivity contribution in [3.8, 4) is 10.9 Å². The molecular formula is C13H13NO3S. The molecule has 94 valence electrons. The first kappa shape index (κ1) is 12.6. The summed E-state index contributed by atoms with van der Waals surface area (Å²) in [6, 6.07) is 9.30. The fourth-order valence-electron chi connectivity index (χ4n) is 1.53. The summed E-state index contributed by atoms with van der Waals surface area (Å²) in [6.45, 7) is 3.47. The lowest BCUT2D eigenvalue weighted by atomic mass is 10.1. The Morgan fingerprint density at radius 2 is 2.06 bits per heavy atom. The number of thiazole rings is 1. The third kappa shape index (κ3) is 2.68. The topological polar surface area (TPSA) is 59.4 Å². The maximum Gasteiger partial charge on any atom is 0.312 e. The van der Waals surface area contributed by atoms with Crippen molar-refractivity contribution in [2.75, 3.05) is 0 Å². The van der Waals surface area contributed by atoms with Crippen molar-refractivity contribution in [2.24, 2.45) is 0 Å². The van der Waals surface area contributed by atoms with Crippen LogP contribution in [0.15, 0.2) is 30.3 Å². The van der Waals surface area contributed by atoms with Gasteiger partial charge in [-0.3, -0.25) is 4.79 Å². The Morgan fingerprint density at radius 1 is 1.39 bits per heavy atom. The summed E-state index contributed by atoms with van der Waals surface area (Å²) in [5.41, 5.74) is 0.568. The van der Waals surface area contributed by atoms with Crippen molar-refractivity contribution in [1.82, 2.24) is 4.98 Å². The van der Waals surface area contributed by atoms with Crippen LogP contribution in [0.2, 0.25) is 0 Å². The molecular weight excluding hydrogens is 250 g/mol. The van der Waals surface area contributed by atoms with Crippen LogP contribution in [0.25, 0.3) is 0 Å². The average molecular weight is 263 g/mol. The zero-order chi connectivity index (χ0) is 13.1. The average Bonchev–Trinajstić information content (AvgIpc) is 2.70. The molecule has 18 heavy (non-hydrogen) atoms. The molecule has 2 rings (SSSR count). The standard InChI is InChI=1S/C13H13NO3S/c1-8(12(15)16)11-9(2)18-13(14-11)17-10-6-4-3-5-7-10/h3-8H,1-2H3,(H,15,16). The van der Waals surface area contributed by atoms with Crippen molar-refractivity contribution in [2.45, 2.75) is 19.8 Å². The Morgan fingerprint density at radius 3 is 2.67 bits per heavy atom. The summed E-state index contributed by atoms with van der Waals surface area (Å²) in [5, 5.41) is 9.46. The Bertz CT molecular complexity index is 551. The molecule has 4 nitrogen and oxygen atoms in total. The lowest BCUT2D eigenvalue weighted by molar-refractivity contribution is -0.138. The Hall–Kier alpha value is -1.88. The van der Waals surface area contributed by atoms with E-state index in [0.717, 1.165) is 4.88 Å². The van der Waals surface area contributed by atoms with Crippen LogP contribution >= 0.6 is 11.3 Å². The first-order chi connectivity index (χ1) is 8.58. The summed E-state index contributed by atoms with van der Waals surface area (Å²) in [7, 11) is 0. The quantitative estimate of drug-likeness (QED) is 0.918. The predicted octanol–water partition coefficient (Wildman–Crippen LogP) is 3.43. The van der Waals surface area contributed by atoms with Crippen LogP contribution in [0, 0.1) is 6.92 Å². The van der Waals surface area contributed by atoms with E-state index in [9.17, 15) is 4.79 Å². The highest BCUT2D eigenvalue weighted by atomic mass is 32.1. The normalized spacial score (nSPS) is 12.1. The van der Waals surface area contributed by atoms with E-state index in [0.29, 0.717) is 16.6 Å². The maximum atomic E-state index is 10.9. The first-order valence-electron chi connectivity index (χ1n) is 5.51. The van der Waals surface area contributed by atoms with Crippen LogP contribution in [0.1, 0.15) is 23.4 Å². The van der Waals surface area contributed by atoms with Crippen LogP contribution in [-0.4, -0.2) is 16.1 Å². The minimum atomic E-state index is -0.880. The largest absolute Gasteiger partial charge is 0.481 e. The first-order valence-corrected chi connectivity index (χ1v) is 6.32. The van der Waals surface area contributed by atoms with Gasteiger partial charge in [0.05, 0.1) is 11.6 Å². The van der Waals surface area contributed by atoms with E-state index < -0.39 is 11.9 Å². The highest BCUT2D eigenvalue weighted by molar-refractivity contribution is 7.13. The second kappa shape index (κ2) is 5.18. The van der Waals surface area contributed by atoms with Gasteiger partial charge in [-0.15, -0.1) is 0 Å². The van der Waals surface area contributed by atoms with Crippen molar-refractivity contribution < 1.29 is 14.6 Å². The van der Waals surface area contributed by atoms with Crippen molar-refractivity contribution in [3.05, 3.63) is 40.9 Å². The minimum Gasteiger partial charge on any atom is -0.481 e. The van der Waals surface area contributed by atoms with Gasteiger partial charge < -0.3 is 9.84 Å². The zero-order valence-corrected chi connectivity index (χ0v) is 10.9. The smallest absolute Gasteiger partial charge is 0.312 e. The van der Waals surface area contributed by atoms with Crippen LogP contribution in [0.3, 0.4) is 0 Å². The second-order valence-electron chi connectivity index (χ2n) is 3.90. The molecule has 1 unspecified atom stereocenters. The summed E-state index contributed by atoms with van der Waals surface area (Å²) in [4.78, 5) is 16.1. The van der Waals surface area contributed by atoms with Gasteiger partial charge in [0.2, 0.25) is 0 Å². The lowest BCUT2D eigenvalue weighted by Crippen LogP contribution is -2.08. The molecule has 0 radical (unpaired) electrons. The number of carboxylic acid groups (broad SMARTS) is 1. The number of hydrogen-bond donors (Lipinski definition) is 1. The molecule has 0 aliphatic carbocycles. The molecule has 2 aromatic rings. The Balaban J connectivity index is 2.22. The number of rotatable bonds is 4. The van der Waals surface area contributed by atoms with Crippen LogP contribution in [0.5, 0.6) is 10.9 Å². The van der Waals surface area contributed by atoms with Gasteiger partial charge >= 0.3 is 5.97 Å². The van der Waals surface area contributed by atoms with Crippen molar-refractivity contribution >= 4 is 17.3 Å². The predicted molar refractivity (Wildman–Crippen MR) is 69.4 cm³/mol. The van der Waals surface area contributed by atoms with Gasteiger partial charge in [0, 0.05) is 4.88 Å². The molecule has 0 bridgehead atoms. The molecule has 0 spiro atoms. The second-order valence-corrected chi connectivity index (χ2v) is 5.06. The molecule has 1 aromatic heterocycles. The molecule has 1 heterocycles. The molecule has 1 N–H and O–H groups in total. The Kier molecular flexibility index (Phi) is 3.62. The third-order valence-corrected chi connectivity index (χ3v) is 3.41. The van der Waals surface area contributed by atoms with Gasteiger partial charge in [-0.05, 0) is 26.0 Å². The van der Waals surface area contributed by atoms with Gasteiger partial charge in [-0.1, -0.05) is 29.5 Å². The van der Waals surface area contributed by atoms with Gasteiger partial charge in [0.15, 0.2) is 0 Å². The lowest BCUT2D eigenvalue weighted by Gasteiger charge is -2.02. The number of aromatic nitrogens is 1. The summed E-state index contributed by atoms with van der Waals surface area (Å²) < 4.78 is 5.58. The third-order valence-electron chi connectivity index (χ3n) is 2.54. The molecule has 0 aliphatic rings. The van der Waals surface area contributed by atoms with E-state index in [2.05, 4.69) is 4.98 Å². The van der Waals surface area contributed by atoms with Crippen molar-refractivity contribution in [3.63, 3.8) is 0 Å².